The number of methoxy groups -OCH3 is 1. The lowest BCUT2D eigenvalue weighted by molar-refractivity contribution is -0.137. The summed E-state index contributed by atoms with van der Waals surface area (Å²) in [5.74, 6) is -1.75. The Balaban J connectivity index is 1.46. The monoisotopic (exact) mass is 594 g/mol. The first-order valence-corrected chi connectivity index (χ1v) is 12.6. The number of alkyl halides is 3. The fraction of sp³-hybridized carbons (Fsp3) is 0.148. The van der Waals surface area contributed by atoms with Crippen LogP contribution in [0.5, 0.6) is 11.5 Å². The Kier molecular flexibility index (Phi) is 8.70. The number of imide groups is 1. The van der Waals surface area contributed by atoms with Crippen LogP contribution in [0, 0.1) is 5.82 Å². The number of amides is 3. The highest BCUT2D eigenvalue weighted by molar-refractivity contribution is 8.18. The van der Waals surface area contributed by atoms with Crippen LogP contribution in [0.25, 0.3) is 6.08 Å². The molecule has 3 aromatic carbocycles. The number of nitrogens with one attached hydrogen (secondary N) is 1. The number of ether oxygens (including phenoxy) is 2. The summed E-state index contributed by atoms with van der Waals surface area (Å²) in [6.45, 7) is -0.825. The van der Waals surface area contributed by atoms with Crippen LogP contribution in [-0.4, -0.2) is 35.6 Å². The van der Waals surface area contributed by atoms with Crippen molar-refractivity contribution in [2.75, 3.05) is 19.0 Å². The zero-order valence-corrected chi connectivity index (χ0v) is 22.1. The van der Waals surface area contributed by atoms with Gasteiger partial charge in [-0.2, -0.15) is 13.2 Å². The summed E-state index contributed by atoms with van der Waals surface area (Å²) in [5.41, 5.74) is -0.423. The maximum atomic E-state index is 13.9. The summed E-state index contributed by atoms with van der Waals surface area (Å²) < 4.78 is 63.7. The molecule has 0 spiro atoms. The second-order valence-electron chi connectivity index (χ2n) is 8.31. The third kappa shape index (κ3) is 6.75. The summed E-state index contributed by atoms with van der Waals surface area (Å²) in [6.07, 6.45) is -3.24. The van der Waals surface area contributed by atoms with Crippen LogP contribution in [0.3, 0.4) is 0 Å². The van der Waals surface area contributed by atoms with Gasteiger partial charge in [0.1, 0.15) is 19.0 Å². The molecule has 0 aromatic heterocycles. The topological polar surface area (TPSA) is 84.9 Å². The molecular formula is C27H19ClF4N2O5S. The van der Waals surface area contributed by atoms with Crippen LogP contribution in [0.4, 0.5) is 28.0 Å². The van der Waals surface area contributed by atoms with E-state index in [2.05, 4.69) is 5.32 Å². The number of anilines is 1. The number of carbonyl (C=O) groups is 3. The van der Waals surface area contributed by atoms with Crippen molar-refractivity contribution in [3.63, 3.8) is 0 Å². The maximum Gasteiger partial charge on any atom is 0.416 e. The Morgan fingerprint density at radius 1 is 1.10 bits per heavy atom. The molecule has 0 unspecified atom stereocenters. The molecule has 0 saturated carbocycles. The van der Waals surface area contributed by atoms with Crippen molar-refractivity contribution in [1.82, 2.24) is 4.90 Å². The summed E-state index contributed by atoms with van der Waals surface area (Å²) in [6, 6.07) is 13.0. The number of thioether (sulfide) groups is 1. The van der Waals surface area contributed by atoms with Crippen molar-refractivity contribution >= 4 is 52.2 Å². The SMILES string of the molecule is COc1cc(/C=C2\SC(=O)N(CC(=O)Nc3cccc(C(F)(F)F)c3)C2=O)cc(Cl)c1OCc1ccccc1F. The molecule has 0 atom stereocenters. The summed E-state index contributed by atoms with van der Waals surface area (Å²) in [7, 11) is 1.36. The second kappa shape index (κ2) is 12.0. The third-order valence-corrected chi connectivity index (χ3v) is 6.72. The van der Waals surface area contributed by atoms with Crippen molar-refractivity contribution in [2.45, 2.75) is 12.8 Å². The van der Waals surface area contributed by atoms with Gasteiger partial charge in [-0.1, -0.05) is 35.9 Å². The van der Waals surface area contributed by atoms with Crippen molar-refractivity contribution in [2.24, 2.45) is 0 Å². The highest BCUT2D eigenvalue weighted by atomic mass is 35.5. The molecule has 0 bridgehead atoms. The normalized spacial score (nSPS) is 14.6. The largest absolute Gasteiger partial charge is 0.493 e. The first-order chi connectivity index (χ1) is 19.0. The molecule has 40 heavy (non-hydrogen) atoms. The van der Waals surface area contributed by atoms with Gasteiger partial charge in [-0.15, -0.1) is 0 Å². The minimum Gasteiger partial charge on any atom is -0.493 e. The summed E-state index contributed by atoms with van der Waals surface area (Å²) in [4.78, 5) is 38.4. The zero-order chi connectivity index (χ0) is 29.0. The molecular weight excluding hydrogens is 576 g/mol. The van der Waals surface area contributed by atoms with E-state index in [9.17, 15) is 31.9 Å². The number of rotatable bonds is 8. The number of carbonyl (C=O) groups excluding carboxylic acids is 3. The van der Waals surface area contributed by atoms with Gasteiger partial charge in [0.15, 0.2) is 11.5 Å². The third-order valence-electron chi connectivity index (χ3n) is 5.53. The van der Waals surface area contributed by atoms with E-state index >= 15 is 0 Å². The molecule has 3 amide bonds. The van der Waals surface area contributed by atoms with Crippen LogP contribution >= 0.6 is 23.4 Å². The molecule has 0 radical (unpaired) electrons. The molecule has 4 rings (SSSR count). The fourth-order valence-electron chi connectivity index (χ4n) is 3.63. The zero-order valence-electron chi connectivity index (χ0n) is 20.6. The van der Waals surface area contributed by atoms with Gasteiger partial charge in [0, 0.05) is 11.3 Å². The molecule has 13 heteroatoms. The van der Waals surface area contributed by atoms with Crippen molar-refractivity contribution in [1.29, 1.82) is 0 Å². The molecule has 1 fully saturated rings. The van der Waals surface area contributed by atoms with Crippen molar-refractivity contribution in [3.8, 4) is 11.5 Å². The summed E-state index contributed by atoms with van der Waals surface area (Å²) >= 11 is 6.94. The van der Waals surface area contributed by atoms with E-state index in [4.69, 9.17) is 21.1 Å². The summed E-state index contributed by atoms with van der Waals surface area (Å²) in [5, 5.41) is 1.62. The lowest BCUT2D eigenvalue weighted by atomic mass is 10.1. The molecule has 0 aliphatic carbocycles. The van der Waals surface area contributed by atoms with E-state index in [1.165, 1.54) is 37.5 Å². The Morgan fingerprint density at radius 2 is 1.85 bits per heavy atom. The number of benzene rings is 3. The number of nitrogens with zero attached hydrogens (tertiary/aromatic N) is 1. The minimum absolute atomic E-state index is 0.0185. The smallest absolute Gasteiger partial charge is 0.416 e. The molecule has 208 valence electrons. The van der Waals surface area contributed by atoms with Crippen molar-refractivity contribution in [3.05, 3.63) is 93.1 Å². The quantitative estimate of drug-likeness (QED) is 0.229. The first-order valence-electron chi connectivity index (χ1n) is 11.4. The van der Waals surface area contributed by atoms with Gasteiger partial charge in [0.25, 0.3) is 11.1 Å². The van der Waals surface area contributed by atoms with Gasteiger partial charge in [-0.05, 0) is 59.8 Å². The predicted octanol–water partition coefficient (Wildman–Crippen LogP) is 6.76. The van der Waals surface area contributed by atoms with Crippen LogP contribution < -0.4 is 14.8 Å². The number of hydrogen-bond donors (Lipinski definition) is 1. The van der Waals surface area contributed by atoms with E-state index in [0.29, 0.717) is 27.8 Å². The number of halogens is 5. The predicted molar refractivity (Wildman–Crippen MR) is 141 cm³/mol. The Hall–Kier alpha value is -4.03. The van der Waals surface area contributed by atoms with Crippen molar-refractivity contribution < 1.29 is 41.4 Å². The molecule has 3 aromatic rings. The molecule has 1 saturated heterocycles. The molecule has 1 aliphatic heterocycles. The maximum absolute atomic E-state index is 13.9. The van der Waals surface area contributed by atoms with Crippen LogP contribution in [0.1, 0.15) is 16.7 Å². The van der Waals surface area contributed by atoms with E-state index in [1.54, 1.807) is 18.2 Å². The van der Waals surface area contributed by atoms with Crippen LogP contribution in [0.2, 0.25) is 5.02 Å². The molecule has 1 N–H and O–H groups in total. The van der Waals surface area contributed by atoms with Gasteiger partial charge < -0.3 is 14.8 Å². The van der Waals surface area contributed by atoms with E-state index in [0.717, 1.165) is 18.2 Å². The lowest BCUT2D eigenvalue weighted by Gasteiger charge is -2.14. The highest BCUT2D eigenvalue weighted by Crippen LogP contribution is 2.39. The molecule has 7 nitrogen and oxygen atoms in total. The standard InChI is InChI=1S/C27H19ClF4N2O5S/c1-38-21-10-15(9-19(28)24(21)39-14-16-5-2-3-8-20(16)29)11-22-25(36)34(26(37)40-22)13-23(35)33-18-7-4-6-17(12-18)27(30,31)32/h2-12H,13-14H2,1H3,(H,33,35)/b22-11-. The Morgan fingerprint density at radius 3 is 2.55 bits per heavy atom. The number of hydrogen-bond acceptors (Lipinski definition) is 6. The average molecular weight is 595 g/mol. The van der Waals surface area contributed by atoms with Gasteiger partial charge in [-0.3, -0.25) is 19.3 Å². The van der Waals surface area contributed by atoms with Gasteiger partial charge >= 0.3 is 6.18 Å². The van der Waals surface area contributed by atoms with Crippen LogP contribution in [0.15, 0.2) is 65.6 Å². The first kappa shape index (κ1) is 29.0. The average Bonchev–Trinajstić information content (AvgIpc) is 3.15. The lowest BCUT2D eigenvalue weighted by Crippen LogP contribution is -2.36. The van der Waals surface area contributed by atoms with E-state index in [-0.39, 0.29) is 33.7 Å². The van der Waals surface area contributed by atoms with E-state index in [1.807, 2.05) is 0 Å². The minimum atomic E-state index is -4.60. The Bertz CT molecular complexity index is 1510. The fourth-order valence-corrected chi connectivity index (χ4v) is 4.75. The van der Waals surface area contributed by atoms with Gasteiger partial charge in [-0.25, -0.2) is 4.39 Å². The molecule has 1 heterocycles. The van der Waals surface area contributed by atoms with Gasteiger partial charge in [0.05, 0.1) is 22.6 Å². The Labute approximate surface area is 234 Å². The van der Waals surface area contributed by atoms with Gasteiger partial charge in [0.2, 0.25) is 5.91 Å². The van der Waals surface area contributed by atoms with E-state index < -0.39 is 41.2 Å². The highest BCUT2D eigenvalue weighted by Gasteiger charge is 2.36. The van der Waals surface area contributed by atoms with Crippen LogP contribution in [-0.2, 0) is 22.4 Å². The molecule has 1 aliphatic rings. The second-order valence-corrected chi connectivity index (χ2v) is 9.71.